The van der Waals surface area contributed by atoms with Crippen molar-refractivity contribution in [3.8, 4) is 22.8 Å². The molecule has 11 nitrogen and oxygen atoms in total. The smallest absolute Gasteiger partial charge is 0.314 e. The van der Waals surface area contributed by atoms with Crippen LogP contribution in [0.15, 0.2) is 27.5 Å². The highest BCUT2D eigenvalue weighted by Gasteiger charge is 2.27. The molecule has 1 aliphatic rings. The predicted molar refractivity (Wildman–Crippen MR) is 109 cm³/mol. The van der Waals surface area contributed by atoms with E-state index < -0.39 is 4.92 Å². The van der Waals surface area contributed by atoms with Gasteiger partial charge in [0.2, 0.25) is 5.96 Å². The maximum atomic E-state index is 11.3. The summed E-state index contributed by atoms with van der Waals surface area (Å²) in [6.45, 7) is 0.739. The molecule has 1 aromatic carbocycles. The molecular weight excluding hydrogens is 410 g/mol. The number of hydrogen-bond acceptors (Lipinski definition) is 8. The number of ether oxygens (including phenoxy) is 2. The number of nitro benzene ring substituents is 1. The van der Waals surface area contributed by atoms with Gasteiger partial charge < -0.3 is 25.5 Å². The van der Waals surface area contributed by atoms with Gasteiger partial charge in [-0.25, -0.2) is 4.98 Å². The van der Waals surface area contributed by atoms with Gasteiger partial charge in [0.15, 0.2) is 10.9 Å². The number of methoxy groups -OCH3 is 2. The lowest BCUT2D eigenvalue weighted by atomic mass is 10.1. The number of nitrogens with zero attached hydrogens (tertiary/aromatic N) is 5. The van der Waals surface area contributed by atoms with Crippen LogP contribution in [0.2, 0.25) is 0 Å². The fourth-order valence-electron chi connectivity index (χ4n) is 2.69. The van der Waals surface area contributed by atoms with Gasteiger partial charge in [0, 0.05) is 23.9 Å². The Morgan fingerprint density at radius 3 is 2.68 bits per heavy atom. The first-order valence-corrected chi connectivity index (χ1v) is 8.71. The number of halogens is 1. The summed E-state index contributed by atoms with van der Waals surface area (Å²) in [6, 6.07) is 2.83. The molecule has 2 heterocycles. The number of hydrogen-bond donors (Lipinski definition) is 2. The molecule has 150 valence electrons. The number of nitrogens with two attached hydrogens (primary N) is 2. The van der Waals surface area contributed by atoms with Crippen LogP contribution < -0.4 is 20.9 Å². The normalized spacial score (nSPS) is 12.4. The average molecular weight is 428 g/mol. The summed E-state index contributed by atoms with van der Waals surface area (Å²) in [5.41, 5.74) is 12.2. The fraction of sp³-hybridized carbons (Fsp3) is 0.267. The summed E-state index contributed by atoms with van der Waals surface area (Å²) in [5, 5.41) is 19.6. The molecule has 0 bridgehead atoms. The number of fused-ring (bicyclic) bond motifs is 1. The summed E-state index contributed by atoms with van der Waals surface area (Å²) < 4.78 is 12.5. The molecule has 4 N–H and O–H groups in total. The van der Waals surface area contributed by atoms with Gasteiger partial charge in [-0.3, -0.25) is 10.1 Å². The molecule has 13 heteroatoms. The van der Waals surface area contributed by atoms with Crippen LogP contribution >= 0.6 is 24.2 Å². The number of benzene rings is 1. The minimum Gasteiger partial charge on any atom is -0.496 e. The lowest BCUT2D eigenvalue weighted by molar-refractivity contribution is -0.385. The zero-order chi connectivity index (χ0) is 19.6. The number of imidazole rings is 1. The zero-order valence-corrected chi connectivity index (χ0v) is 16.6. The summed E-state index contributed by atoms with van der Waals surface area (Å²) in [5.74, 6) is 1.11. The van der Waals surface area contributed by atoms with Gasteiger partial charge in [-0.1, -0.05) is 11.8 Å². The monoisotopic (exact) mass is 427 g/mol. The Kier molecular flexibility index (Phi) is 6.70. The molecule has 0 radical (unpaired) electrons. The van der Waals surface area contributed by atoms with E-state index in [0.717, 1.165) is 17.5 Å². The lowest BCUT2D eigenvalue weighted by Crippen LogP contribution is -2.21. The van der Waals surface area contributed by atoms with Gasteiger partial charge in [0.05, 0.1) is 37.1 Å². The molecule has 0 amide bonds. The molecule has 0 aliphatic carbocycles. The minimum absolute atomic E-state index is 0. The van der Waals surface area contributed by atoms with Crippen LogP contribution in [0.5, 0.6) is 11.5 Å². The van der Waals surface area contributed by atoms with Crippen LogP contribution in [0.1, 0.15) is 5.69 Å². The van der Waals surface area contributed by atoms with Crippen molar-refractivity contribution < 1.29 is 14.4 Å². The van der Waals surface area contributed by atoms with E-state index >= 15 is 0 Å². The molecular formula is C15H18ClN7O4S. The standard InChI is InChI=1S/C15H17N7O4S.ClH/c1-25-11-6-9(22(23)24)12(26-2)5-8(11)13-10(7-18-20-14(16)17)21-3-4-27-15(21)19-13;/h5-7H,3-4H2,1-2H3,(H4,16,17,20);1H/b18-7+;. The quantitative estimate of drug-likeness (QED) is 0.304. The van der Waals surface area contributed by atoms with Crippen molar-refractivity contribution in [1.29, 1.82) is 0 Å². The third kappa shape index (κ3) is 3.97. The third-order valence-corrected chi connectivity index (χ3v) is 4.78. The Morgan fingerprint density at radius 2 is 2.07 bits per heavy atom. The van der Waals surface area contributed by atoms with Crippen LogP contribution in [0.4, 0.5) is 5.69 Å². The second-order valence-corrected chi connectivity index (χ2v) is 6.44. The molecule has 0 spiro atoms. The molecule has 0 saturated heterocycles. The van der Waals surface area contributed by atoms with E-state index in [1.807, 2.05) is 4.57 Å². The van der Waals surface area contributed by atoms with Crippen molar-refractivity contribution >= 4 is 42.0 Å². The van der Waals surface area contributed by atoms with E-state index in [-0.39, 0.29) is 29.8 Å². The van der Waals surface area contributed by atoms with Crippen molar-refractivity contribution in [1.82, 2.24) is 9.55 Å². The van der Waals surface area contributed by atoms with Crippen molar-refractivity contribution in [3.63, 3.8) is 0 Å². The highest BCUT2D eigenvalue weighted by molar-refractivity contribution is 7.99. The first-order chi connectivity index (χ1) is 13.0. The number of rotatable bonds is 6. The van der Waals surface area contributed by atoms with Crippen LogP contribution in [-0.2, 0) is 6.54 Å². The van der Waals surface area contributed by atoms with Crippen LogP contribution in [-0.4, -0.2) is 46.6 Å². The summed E-state index contributed by atoms with van der Waals surface area (Å²) in [7, 11) is 2.80. The van der Waals surface area contributed by atoms with E-state index in [4.69, 9.17) is 20.9 Å². The van der Waals surface area contributed by atoms with Crippen molar-refractivity contribution in [3.05, 3.63) is 27.9 Å². The molecule has 28 heavy (non-hydrogen) atoms. The summed E-state index contributed by atoms with van der Waals surface area (Å²) >= 11 is 1.59. The number of guanidine groups is 1. The number of aromatic nitrogens is 2. The molecule has 1 aromatic heterocycles. The second kappa shape index (κ2) is 8.80. The van der Waals surface area contributed by atoms with Crippen molar-refractivity contribution in [2.75, 3.05) is 20.0 Å². The van der Waals surface area contributed by atoms with Crippen LogP contribution in [0.25, 0.3) is 11.3 Å². The fourth-order valence-corrected chi connectivity index (χ4v) is 3.64. The first kappa shape index (κ1) is 21.3. The number of nitro groups is 1. The average Bonchev–Trinajstić information content (AvgIpc) is 3.22. The van der Waals surface area contributed by atoms with E-state index in [2.05, 4.69) is 15.2 Å². The molecule has 3 rings (SSSR count). The summed E-state index contributed by atoms with van der Waals surface area (Å²) in [6.07, 6.45) is 1.49. The van der Waals surface area contributed by atoms with Gasteiger partial charge in [0.1, 0.15) is 11.4 Å². The Bertz CT molecular complexity index is 956. The van der Waals surface area contributed by atoms with Gasteiger partial charge in [-0.2, -0.15) is 5.10 Å². The molecule has 0 saturated carbocycles. The SMILES string of the molecule is COc1cc([N+](=O)[O-])c(OC)cc1-c1nc2n(c1/C=N/N=C(N)N)CCS2.Cl. The largest absolute Gasteiger partial charge is 0.496 e. The van der Waals surface area contributed by atoms with E-state index in [1.54, 1.807) is 11.8 Å². The highest BCUT2D eigenvalue weighted by Crippen LogP contribution is 2.42. The minimum atomic E-state index is -0.532. The maximum absolute atomic E-state index is 11.3. The molecule has 1 aliphatic heterocycles. The predicted octanol–water partition coefficient (Wildman–Crippen LogP) is 1.61. The Labute approximate surface area is 170 Å². The lowest BCUT2D eigenvalue weighted by Gasteiger charge is -2.11. The van der Waals surface area contributed by atoms with Crippen molar-refractivity contribution in [2.45, 2.75) is 11.7 Å². The maximum Gasteiger partial charge on any atom is 0.314 e. The molecule has 0 unspecified atom stereocenters. The number of thioether (sulfide) groups is 1. The van der Waals surface area contributed by atoms with E-state index in [9.17, 15) is 10.1 Å². The zero-order valence-electron chi connectivity index (χ0n) is 15.0. The second-order valence-electron chi connectivity index (χ2n) is 5.38. The Morgan fingerprint density at radius 1 is 1.36 bits per heavy atom. The van der Waals surface area contributed by atoms with Gasteiger partial charge in [-0.15, -0.1) is 17.5 Å². The Hall–Kier alpha value is -2.99. The van der Waals surface area contributed by atoms with Gasteiger partial charge in [-0.05, 0) is 0 Å². The van der Waals surface area contributed by atoms with Crippen LogP contribution in [0.3, 0.4) is 0 Å². The highest BCUT2D eigenvalue weighted by atomic mass is 35.5. The summed E-state index contributed by atoms with van der Waals surface area (Å²) in [4.78, 5) is 15.4. The molecule has 0 atom stereocenters. The van der Waals surface area contributed by atoms with Crippen molar-refractivity contribution in [2.24, 2.45) is 21.7 Å². The van der Waals surface area contributed by atoms with Crippen LogP contribution in [0, 0.1) is 10.1 Å². The Balaban J connectivity index is 0.00000280. The van der Waals surface area contributed by atoms with Gasteiger partial charge in [0.25, 0.3) is 0 Å². The molecule has 2 aromatic rings. The van der Waals surface area contributed by atoms with Gasteiger partial charge >= 0.3 is 5.69 Å². The van der Waals surface area contributed by atoms with E-state index in [1.165, 1.54) is 32.6 Å². The topological polar surface area (TPSA) is 156 Å². The first-order valence-electron chi connectivity index (χ1n) is 7.72. The molecule has 0 fully saturated rings. The third-order valence-electron chi connectivity index (χ3n) is 3.82. The van der Waals surface area contributed by atoms with E-state index in [0.29, 0.717) is 22.7 Å².